The highest BCUT2D eigenvalue weighted by molar-refractivity contribution is 5.97. The smallest absolute Gasteiger partial charge is 0.303 e. The zero-order valence-corrected chi connectivity index (χ0v) is 12.2. The van der Waals surface area contributed by atoms with Crippen LogP contribution in [0, 0.1) is 6.92 Å². The van der Waals surface area contributed by atoms with Crippen molar-refractivity contribution in [1.29, 1.82) is 0 Å². The fourth-order valence-corrected chi connectivity index (χ4v) is 2.09. The molecule has 22 heavy (non-hydrogen) atoms. The molecular formula is C17H17NO4. The number of aryl methyl sites for hydroxylation is 1. The van der Waals surface area contributed by atoms with E-state index in [4.69, 9.17) is 5.11 Å². The molecule has 0 spiro atoms. The summed E-state index contributed by atoms with van der Waals surface area (Å²) < 4.78 is 0. The standard InChI is InChI=1S/C17H17NO4/c1-11-5-7-12(8-6-11)13-9-15(20)17(18-10-13)14(19)3-2-4-16(21)22/h5-10,20H,2-4H2,1H3,(H,21,22). The van der Waals surface area contributed by atoms with Crippen molar-refractivity contribution < 1.29 is 19.8 Å². The Morgan fingerprint density at radius 3 is 2.36 bits per heavy atom. The second-order valence-corrected chi connectivity index (χ2v) is 5.13. The van der Waals surface area contributed by atoms with Gasteiger partial charge in [-0.25, -0.2) is 4.98 Å². The lowest BCUT2D eigenvalue weighted by Gasteiger charge is -2.06. The van der Waals surface area contributed by atoms with Gasteiger partial charge in [0, 0.05) is 24.6 Å². The Bertz CT molecular complexity index is 692. The molecule has 114 valence electrons. The number of hydrogen-bond donors (Lipinski definition) is 2. The van der Waals surface area contributed by atoms with Crippen LogP contribution >= 0.6 is 0 Å². The minimum Gasteiger partial charge on any atom is -0.506 e. The van der Waals surface area contributed by atoms with Gasteiger partial charge in [-0.15, -0.1) is 0 Å². The second kappa shape index (κ2) is 6.85. The van der Waals surface area contributed by atoms with E-state index in [2.05, 4.69) is 4.98 Å². The highest BCUT2D eigenvalue weighted by atomic mass is 16.4. The fraction of sp³-hybridized carbons (Fsp3) is 0.235. The van der Waals surface area contributed by atoms with Crippen molar-refractivity contribution in [1.82, 2.24) is 4.98 Å². The first-order valence-electron chi connectivity index (χ1n) is 6.98. The molecule has 0 atom stereocenters. The van der Waals surface area contributed by atoms with Crippen molar-refractivity contribution in [3.8, 4) is 16.9 Å². The van der Waals surface area contributed by atoms with E-state index in [0.717, 1.165) is 16.7 Å². The number of aromatic nitrogens is 1. The Morgan fingerprint density at radius 1 is 1.09 bits per heavy atom. The van der Waals surface area contributed by atoms with E-state index in [9.17, 15) is 14.7 Å². The number of aliphatic carboxylic acids is 1. The number of ketones is 1. The molecule has 5 nitrogen and oxygen atoms in total. The first-order valence-corrected chi connectivity index (χ1v) is 6.98. The van der Waals surface area contributed by atoms with Crippen LogP contribution in [0.25, 0.3) is 11.1 Å². The van der Waals surface area contributed by atoms with Gasteiger partial charge in [0.15, 0.2) is 5.78 Å². The van der Waals surface area contributed by atoms with E-state index >= 15 is 0 Å². The first-order chi connectivity index (χ1) is 10.5. The van der Waals surface area contributed by atoms with Crippen LogP contribution in [0.1, 0.15) is 35.3 Å². The van der Waals surface area contributed by atoms with Crippen molar-refractivity contribution >= 4 is 11.8 Å². The molecule has 0 radical (unpaired) electrons. The number of carbonyl (C=O) groups excluding carboxylic acids is 1. The van der Waals surface area contributed by atoms with Crippen molar-refractivity contribution in [2.24, 2.45) is 0 Å². The van der Waals surface area contributed by atoms with Crippen molar-refractivity contribution in [3.63, 3.8) is 0 Å². The van der Waals surface area contributed by atoms with Gasteiger partial charge in [-0.1, -0.05) is 29.8 Å². The summed E-state index contributed by atoms with van der Waals surface area (Å²) in [5.74, 6) is -1.48. The molecule has 2 N–H and O–H groups in total. The van der Waals surface area contributed by atoms with Crippen LogP contribution in [0.15, 0.2) is 36.5 Å². The molecule has 5 heteroatoms. The van der Waals surface area contributed by atoms with Crippen molar-refractivity contribution in [3.05, 3.63) is 47.8 Å². The monoisotopic (exact) mass is 299 g/mol. The van der Waals surface area contributed by atoms with Crippen LogP contribution in [-0.2, 0) is 4.79 Å². The third-order valence-corrected chi connectivity index (χ3v) is 3.31. The molecule has 1 aromatic carbocycles. The van der Waals surface area contributed by atoms with Gasteiger partial charge in [0.1, 0.15) is 11.4 Å². The Hall–Kier alpha value is -2.69. The molecular weight excluding hydrogens is 282 g/mol. The van der Waals surface area contributed by atoms with Gasteiger partial charge in [0.2, 0.25) is 0 Å². The molecule has 0 bridgehead atoms. The highest BCUT2D eigenvalue weighted by Crippen LogP contribution is 2.26. The fourth-order valence-electron chi connectivity index (χ4n) is 2.09. The van der Waals surface area contributed by atoms with Gasteiger partial charge in [0.25, 0.3) is 0 Å². The van der Waals surface area contributed by atoms with E-state index in [1.54, 1.807) is 0 Å². The summed E-state index contributed by atoms with van der Waals surface area (Å²) in [4.78, 5) is 26.4. The number of hydrogen-bond acceptors (Lipinski definition) is 4. The summed E-state index contributed by atoms with van der Waals surface area (Å²) in [6, 6.07) is 9.25. The SMILES string of the molecule is Cc1ccc(-c2cnc(C(=O)CCCC(=O)O)c(O)c2)cc1. The maximum atomic E-state index is 11.9. The molecule has 0 saturated heterocycles. The molecule has 0 unspecified atom stereocenters. The topological polar surface area (TPSA) is 87.5 Å². The van der Waals surface area contributed by atoms with Gasteiger partial charge >= 0.3 is 5.97 Å². The normalized spacial score (nSPS) is 10.4. The van der Waals surface area contributed by atoms with E-state index in [-0.39, 0.29) is 36.5 Å². The Balaban J connectivity index is 2.14. The maximum absolute atomic E-state index is 11.9. The number of carboxylic acids is 1. The summed E-state index contributed by atoms with van der Waals surface area (Å²) in [6.07, 6.45) is 1.74. The number of benzene rings is 1. The van der Waals surface area contributed by atoms with Gasteiger partial charge in [-0.2, -0.15) is 0 Å². The predicted molar refractivity (Wildman–Crippen MR) is 81.9 cm³/mol. The number of pyridine rings is 1. The second-order valence-electron chi connectivity index (χ2n) is 5.13. The van der Waals surface area contributed by atoms with Gasteiger partial charge in [0.05, 0.1) is 0 Å². The van der Waals surface area contributed by atoms with E-state index in [1.165, 1.54) is 12.3 Å². The van der Waals surface area contributed by atoms with Gasteiger partial charge in [-0.05, 0) is 25.0 Å². The average Bonchev–Trinajstić information content (AvgIpc) is 2.47. The van der Waals surface area contributed by atoms with Crippen LogP contribution in [0.5, 0.6) is 5.75 Å². The third kappa shape index (κ3) is 3.91. The molecule has 2 aromatic rings. The number of nitrogens with zero attached hydrogens (tertiary/aromatic N) is 1. The summed E-state index contributed by atoms with van der Waals surface area (Å²) in [5.41, 5.74) is 2.74. The minimum absolute atomic E-state index is 0.0127. The molecule has 0 aliphatic rings. The van der Waals surface area contributed by atoms with Crippen LogP contribution in [0.3, 0.4) is 0 Å². The predicted octanol–water partition coefficient (Wildman–Crippen LogP) is 3.20. The van der Waals surface area contributed by atoms with E-state index in [0.29, 0.717) is 0 Å². The summed E-state index contributed by atoms with van der Waals surface area (Å²) in [6.45, 7) is 1.98. The Kier molecular flexibility index (Phi) is 4.88. The molecule has 1 heterocycles. The third-order valence-electron chi connectivity index (χ3n) is 3.31. The summed E-state index contributed by atoms with van der Waals surface area (Å²) in [7, 11) is 0. The van der Waals surface area contributed by atoms with Crippen molar-refractivity contribution in [2.45, 2.75) is 26.2 Å². The number of aromatic hydroxyl groups is 1. The quantitative estimate of drug-likeness (QED) is 0.800. The molecule has 0 aliphatic carbocycles. The van der Waals surface area contributed by atoms with Crippen LogP contribution < -0.4 is 0 Å². The molecule has 2 rings (SSSR count). The molecule has 1 aromatic heterocycles. The van der Waals surface area contributed by atoms with Crippen LogP contribution in [-0.4, -0.2) is 26.9 Å². The number of Topliss-reactive ketones (excluding diaryl/α,β-unsaturated/α-hetero) is 1. The van der Waals surface area contributed by atoms with E-state index in [1.807, 2.05) is 31.2 Å². The number of carbonyl (C=O) groups is 2. The minimum atomic E-state index is -0.945. The van der Waals surface area contributed by atoms with Crippen LogP contribution in [0.2, 0.25) is 0 Å². The molecule has 0 aliphatic heterocycles. The lowest BCUT2D eigenvalue weighted by atomic mass is 10.0. The first kappa shape index (κ1) is 15.7. The van der Waals surface area contributed by atoms with Crippen molar-refractivity contribution in [2.75, 3.05) is 0 Å². The molecule has 0 amide bonds. The maximum Gasteiger partial charge on any atom is 0.303 e. The lowest BCUT2D eigenvalue weighted by Crippen LogP contribution is -2.04. The van der Waals surface area contributed by atoms with Gasteiger partial charge < -0.3 is 10.2 Å². The Labute approximate surface area is 128 Å². The number of carboxylic acid groups (broad SMARTS) is 1. The summed E-state index contributed by atoms with van der Waals surface area (Å²) >= 11 is 0. The van der Waals surface area contributed by atoms with Gasteiger partial charge in [-0.3, -0.25) is 9.59 Å². The molecule has 0 saturated carbocycles. The van der Waals surface area contributed by atoms with Crippen LogP contribution in [0.4, 0.5) is 0 Å². The zero-order chi connectivity index (χ0) is 16.1. The summed E-state index contributed by atoms with van der Waals surface area (Å²) in [5, 5.41) is 18.5. The average molecular weight is 299 g/mol. The van der Waals surface area contributed by atoms with E-state index < -0.39 is 5.97 Å². The highest BCUT2D eigenvalue weighted by Gasteiger charge is 2.14. The lowest BCUT2D eigenvalue weighted by molar-refractivity contribution is -0.137. The number of rotatable bonds is 6. The zero-order valence-electron chi connectivity index (χ0n) is 12.2. The largest absolute Gasteiger partial charge is 0.506 e. The Morgan fingerprint density at radius 2 is 1.77 bits per heavy atom. The molecule has 0 fully saturated rings.